The Morgan fingerprint density at radius 1 is 1.36 bits per heavy atom. The minimum absolute atomic E-state index is 0.233. The van der Waals surface area contributed by atoms with Crippen LogP contribution in [0.4, 0.5) is 11.4 Å². The van der Waals surface area contributed by atoms with Crippen LogP contribution in [-0.4, -0.2) is 18.0 Å². The van der Waals surface area contributed by atoms with Crippen LogP contribution >= 0.6 is 27.3 Å². The van der Waals surface area contributed by atoms with Gasteiger partial charge in [-0.25, -0.2) is 4.98 Å². The second kappa shape index (κ2) is 7.11. The van der Waals surface area contributed by atoms with Crippen molar-refractivity contribution in [1.82, 2.24) is 4.98 Å². The number of benzene rings is 1. The molecule has 1 amide bonds. The second-order valence-electron chi connectivity index (χ2n) is 5.80. The van der Waals surface area contributed by atoms with E-state index < -0.39 is 0 Å². The number of carbonyl (C=O) groups excluding carboxylic acids is 1. The Morgan fingerprint density at radius 2 is 2.12 bits per heavy atom. The van der Waals surface area contributed by atoms with E-state index in [1.807, 2.05) is 38.1 Å². The number of hydrogen-bond donors (Lipinski definition) is 2. The van der Waals surface area contributed by atoms with Crippen molar-refractivity contribution in [2.45, 2.75) is 20.5 Å². The number of ether oxygens (including phenoxy) is 1. The molecule has 0 atom stereocenters. The summed E-state index contributed by atoms with van der Waals surface area (Å²) in [6.45, 7) is 4.31. The average Bonchev–Trinajstić information content (AvgIpc) is 2.88. The first-order valence-electron chi connectivity index (χ1n) is 7.65. The Kier molecular flexibility index (Phi) is 5.08. The van der Waals surface area contributed by atoms with E-state index in [1.165, 1.54) is 11.3 Å². The molecule has 25 heavy (non-hydrogen) atoms. The smallest absolute Gasteiger partial charge is 0.267 e. The van der Waals surface area contributed by atoms with Gasteiger partial charge < -0.3 is 15.8 Å². The largest absolute Gasteiger partial charge is 0.397 e. The third kappa shape index (κ3) is 3.53. The molecule has 1 aromatic carbocycles. The normalized spacial score (nSPS) is 11.0. The predicted molar refractivity (Wildman–Crippen MR) is 106 cm³/mol. The summed E-state index contributed by atoms with van der Waals surface area (Å²) in [6, 6.07) is 7.59. The number of fused-ring (bicyclic) bond motifs is 1. The van der Waals surface area contributed by atoms with Gasteiger partial charge in [-0.3, -0.25) is 4.79 Å². The molecule has 0 aliphatic heterocycles. The van der Waals surface area contributed by atoms with E-state index in [1.54, 1.807) is 7.11 Å². The molecule has 0 bridgehead atoms. The summed E-state index contributed by atoms with van der Waals surface area (Å²) in [5.41, 5.74) is 10.3. The van der Waals surface area contributed by atoms with Gasteiger partial charge in [-0.1, -0.05) is 15.9 Å². The minimum Gasteiger partial charge on any atom is -0.397 e. The fraction of sp³-hybridized carbons (Fsp3) is 0.222. The number of rotatable bonds is 4. The zero-order chi connectivity index (χ0) is 18.1. The third-order valence-corrected chi connectivity index (χ3v) is 5.82. The lowest BCUT2D eigenvalue weighted by molar-refractivity contribution is 0.103. The SMILES string of the molecule is COCc1cc(C)nc2sc(C(=O)Nc3ccc(Br)c(C)c3)c(N)c12. The maximum Gasteiger partial charge on any atom is 0.267 e. The molecule has 3 N–H and O–H groups in total. The highest BCUT2D eigenvalue weighted by Crippen LogP contribution is 2.36. The Bertz CT molecular complexity index is 969. The molecule has 7 heteroatoms. The van der Waals surface area contributed by atoms with Crippen molar-refractivity contribution in [3.05, 3.63) is 50.4 Å². The van der Waals surface area contributed by atoms with Crippen LogP contribution in [0.2, 0.25) is 0 Å². The van der Waals surface area contributed by atoms with Crippen LogP contribution in [0.5, 0.6) is 0 Å². The van der Waals surface area contributed by atoms with Crippen LogP contribution in [0.1, 0.15) is 26.5 Å². The molecule has 130 valence electrons. The lowest BCUT2D eigenvalue weighted by Crippen LogP contribution is -2.12. The van der Waals surface area contributed by atoms with Crippen LogP contribution in [-0.2, 0) is 11.3 Å². The number of carbonyl (C=O) groups is 1. The summed E-state index contributed by atoms with van der Waals surface area (Å²) in [7, 11) is 1.63. The van der Waals surface area contributed by atoms with Gasteiger partial charge in [0.1, 0.15) is 9.71 Å². The fourth-order valence-corrected chi connectivity index (χ4v) is 4.01. The number of amides is 1. The monoisotopic (exact) mass is 419 g/mol. The highest BCUT2D eigenvalue weighted by atomic mass is 79.9. The number of pyridine rings is 1. The minimum atomic E-state index is -0.233. The lowest BCUT2D eigenvalue weighted by Gasteiger charge is -2.07. The zero-order valence-corrected chi connectivity index (χ0v) is 16.5. The summed E-state index contributed by atoms with van der Waals surface area (Å²) in [5.74, 6) is -0.233. The molecule has 0 fully saturated rings. The Hall–Kier alpha value is -1.96. The maximum absolute atomic E-state index is 12.7. The first kappa shape index (κ1) is 17.8. The number of thiophene rings is 1. The molecule has 0 aliphatic carbocycles. The van der Waals surface area contributed by atoms with E-state index in [0.717, 1.165) is 37.2 Å². The van der Waals surface area contributed by atoms with Crippen LogP contribution in [0.15, 0.2) is 28.7 Å². The van der Waals surface area contributed by atoms with Gasteiger partial charge in [-0.15, -0.1) is 11.3 Å². The van der Waals surface area contributed by atoms with Crippen molar-refractivity contribution in [2.75, 3.05) is 18.2 Å². The van der Waals surface area contributed by atoms with Crippen molar-refractivity contribution < 1.29 is 9.53 Å². The van der Waals surface area contributed by atoms with Crippen molar-refractivity contribution in [3.8, 4) is 0 Å². The summed E-state index contributed by atoms with van der Waals surface area (Å²) < 4.78 is 6.25. The molecule has 2 heterocycles. The molecular formula is C18H18BrN3O2S. The van der Waals surface area contributed by atoms with Gasteiger partial charge >= 0.3 is 0 Å². The highest BCUT2D eigenvalue weighted by Gasteiger charge is 2.20. The number of nitrogens with two attached hydrogens (primary N) is 1. The number of methoxy groups -OCH3 is 1. The van der Waals surface area contributed by atoms with E-state index in [0.29, 0.717) is 17.2 Å². The van der Waals surface area contributed by atoms with E-state index in [-0.39, 0.29) is 5.91 Å². The van der Waals surface area contributed by atoms with Crippen molar-refractivity contribution in [2.24, 2.45) is 0 Å². The maximum atomic E-state index is 12.7. The van der Waals surface area contributed by atoms with Gasteiger partial charge in [0.15, 0.2) is 0 Å². The quantitative estimate of drug-likeness (QED) is 0.644. The molecule has 0 unspecified atom stereocenters. The summed E-state index contributed by atoms with van der Waals surface area (Å²) in [6.07, 6.45) is 0. The van der Waals surface area contributed by atoms with Crippen molar-refractivity contribution in [3.63, 3.8) is 0 Å². The van der Waals surface area contributed by atoms with Gasteiger partial charge in [0.05, 0.1) is 12.3 Å². The number of nitrogens with zero attached hydrogens (tertiary/aromatic N) is 1. The summed E-state index contributed by atoms with van der Waals surface area (Å²) in [5, 5.41) is 3.71. The first-order chi connectivity index (χ1) is 11.9. The fourth-order valence-electron chi connectivity index (χ4n) is 2.69. The molecule has 0 saturated heterocycles. The molecule has 5 nitrogen and oxygen atoms in total. The first-order valence-corrected chi connectivity index (χ1v) is 9.26. The second-order valence-corrected chi connectivity index (χ2v) is 7.65. The molecular weight excluding hydrogens is 402 g/mol. The van der Waals surface area contributed by atoms with Gasteiger partial charge in [0, 0.05) is 28.4 Å². The van der Waals surface area contributed by atoms with Crippen LogP contribution < -0.4 is 11.1 Å². The number of aromatic nitrogens is 1. The number of nitrogens with one attached hydrogen (secondary N) is 1. The average molecular weight is 420 g/mol. The van der Waals surface area contributed by atoms with Crippen LogP contribution in [0.25, 0.3) is 10.2 Å². The van der Waals surface area contributed by atoms with Gasteiger partial charge in [-0.2, -0.15) is 0 Å². The molecule has 3 rings (SSSR count). The third-order valence-electron chi connectivity index (χ3n) is 3.83. The lowest BCUT2D eigenvalue weighted by atomic mass is 10.1. The number of nitrogen functional groups attached to an aromatic ring is 1. The van der Waals surface area contributed by atoms with Crippen LogP contribution in [0.3, 0.4) is 0 Å². The molecule has 0 saturated carbocycles. The molecule has 0 aliphatic rings. The molecule has 3 aromatic rings. The Labute approximate surface area is 158 Å². The number of anilines is 2. The van der Waals surface area contributed by atoms with E-state index >= 15 is 0 Å². The van der Waals surface area contributed by atoms with Crippen LogP contribution in [0, 0.1) is 13.8 Å². The van der Waals surface area contributed by atoms with Crippen molar-refractivity contribution in [1.29, 1.82) is 0 Å². The van der Waals surface area contributed by atoms with E-state index in [2.05, 4.69) is 26.2 Å². The number of halogens is 1. The topological polar surface area (TPSA) is 77.2 Å². The Morgan fingerprint density at radius 3 is 2.80 bits per heavy atom. The van der Waals surface area contributed by atoms with Crippen molar-refractivity contribution >= 4 is 54.8 Å². The summed E-state index contributed by atoms with van der Waals surface area (Å²) in [4.78, 5) is 18.4. The van der Waals surface area contributed by atoms with E-state index in [4.69, 9.17) is 10.5 Å². The molecule has 0 radical (unpaired) electrons. The molecule has 2 aromatic heterocycles. The number of aryl methyl sites for hydroxylation is 2. The predicted octanol–water partition coefficient (Wildman–Crippen LogP) is 4.66. The highest BCUT2D eigenvalue weighted by molar-refractivity contribution is 9.10. The summed E-state index contributed by atoms with van der Waals surface area (Å²) >= 11 is 4.75. The Balaban J connectivity index is 2.00. The van der Waals surface area contributed by atoms with Gasteiger partial charge in [0.2, 0.25) is 0 Å². The van der Waals surface area contributed by atoms with Gasteiger partial charge in [-0.05, 0) is 49.2 Å². The molecule has 0 spiro atoms. The standard InChI is InChI=1S/C18H18BrN3O2S/c1-9-6-12(4-5-13(9)19)22-17(23)16-15(20)14-11(8-24-3)7-10(2)21-18(14)25-16/h4-7H,8,20H2,1-3H3,(H,22,23). The van der Waals surface area contributed by atoms with E-state index in [9.17, 15) is 4.79 Å². The number of hydrogen-bond acceptors (Lipinski definition) is 5. The van der Waals surface area contributed by atoms with Gasteiger partial charge in [0.25, 0.3) is 5.91 Å². The zero-order valence-electron chi connectivity index (χ0n) is 14.1.